The van der Waals surface area contributed by atoms with Crippen LogP contribution in [0.3, 0.4) is 0 Å². The number of aliphatic hydroxyl groups is 1. The molecule has 59 heavy (non-hydrogen) atoms. The summed E-state index contributed by atoms with van der Waals surface area (Å²) in [7, 11) is 0. The largest absolute Gasteiger partial charge is 0.493 e. The lowest BCUT2D eigenvalue weighted by Crippen LogP contribution is -2.04. The van der Waals surface area contributed by atoms with Gasteiger partial charge in [-0.05, 0) is 108 Å². The highest BCUT2D eigenvalue weighted by atomic mass is 35.5. The molecule has 0 bridgehead atoms. The van der Waals surface area contributed by atoms with Gasteiger partial charge in [-0.25, -0.2) is 9.59 Å². The van der Waals surface area contributed by atoms with Crippen molar-refractivity contribution in [3.63, 3.8) is 0 Å². The Labute approximate surface area is 349 Å². The monoisotopic (exact) mass is 818 g/mol. The molecule has 0 aliphatic carbocycles. The molecule has 6 rings (SSSR count). The Morgan fingerprint density at radius 3 is 1.47 bits per heavy atom. The molecule has 0 radical (unpaired) electrons. The van der Waals surface area contributed by atoms with Crippen molar-refractivity contribution in [2.75, 3.05) is 13.4 Å². The third-order valence-corrected chi connectivity index (χ3v) is 9.47. The van der Waals surface area contributed by atoms with E-state index in [1.165, 1.54) is 55.7 Å². The van der Waals surface area contributed by atoms with Gasteiger partial charge in [0.1, 0.15) is 22.7 Å². The predicted molar refractivity (Wildman–Crippen MR) is 236 cm³/mol. The molecule has 0 aliphatic rings. The molecule has 9 nitrogen and oxygen atoms in total. The van der Waals surface area contributed by atoms with E-state index in [-0.39, 0.29) is 30.1 Å². The molecule has 0 amide bonds. The third kappa shape index (κ3) is 14.4. The maximum absolute atomic E-state index is 12.5. The van der Waals surface area contributed by atoms with Crippen LogP contribution in [0.4, 0.5) is 0 Å². The van der Waals surface area contributed by atoms with Crippen LogP contribution in [0.15, 0.2) is 141 Å². The zero-order valence-electron chi connectivity index (χ0n) is 33.7. The second kappa shape index (κ2) is 24.0. The summed E-state index contributed by atoms with van der Waals surface area (Å²) in [5.74, 6) is 0.947. The normalized spacial score (nSPS) is 10.5. The molecule has 0 saturated carbocycles. The summed E-state index contributed by atoms with van der Waals surface area (Å²) in [6.45, 7) is 10.7. The molecule has 10 heteroatoms. The second-order valence-corrected chi connectivity index (χ2v) is 14.0. The molecular formula is C49H51ClO9. The topological polar surface area (TPSA) is 133 Å². The number of unbranched alkanes of at least 4 members (excludes halogenated alkanes) is 4. The van der Waals surface area contributed by atoms with Gasteiger partial charge in [-0.3, -0.25) is 9.59 Å². The predicted octanol–water partition coefficient (Wildman–Crippen LogP) is 11.2. The van der Waals surface area contributed by atoms with Crippen LogP contribution in [0.5, 0.6) is 11.5 Å². The molecule has 4 aromatic carbocycles. The van der Waals surface area contributed by atoms with E-state index >= 15 is 0 Å². The molecule has 0 atom stereocenters. The summed E-state index contributed by atoms with van der Waals surface area (Å²) in [4.78, 5) is 45.6. The number of carbonyl (C=O) groups is 2. The third-order valence-electron chi connectivity index (χ3n) is 9.32. The lowest BCUT2D eigenvalue weighted by molar-refractivity contribution is -0.115. The van der Waals surface area contributed by atoms with Crippen molar-refractivity contribution >= 4 is 44.6 Å². The van der Waals surface area contributed by atoms with Gasteiger partial charge < -0.3 is 23.4 Å². The number of allylic oxidation sites excluding steroid dienone is 2. The van der Waals surface area contributed by atoms with E-state index in [0.717, 1.165) is 40.8 Å². The SMILES string of the molecule is C=CC(=O)CCOc1ccc2cc(-c3ccc(CCCCC)cc3)c(=O)oc2c1.C=CC(=O)Cl.CCCCCc1ccc(-c2cc3ccc(OCO)cc3oc2=O)cc1. The number of hydrogen-bond acceptors (Lipinski definition) is 9. The summed E-state index contributed by atoms with van der Waals surface area (Å²) in [5, 5.41) is 9.94. The first-order valence-electron chi connectivity index (χ1n) is 19.8. The molecule has 2 aromatic heterocycles. The summed E-state index contributed by atoms with van der Waals surface area (Å²) < 4.78 is 21.5. The first kappa shape index (κ1) is 45.7. The molecule has 6 aromatic rings. The van der Waals surface area contributed by atoms with Gasteiger partial charge in [0.15, 0.2) is 12.6 Å². The van der Waals surface area contributed by atoms with Crippen LogP contribution >= 0.6 is 11.6 Å². The Bertz CT molecular complexity index is 2430. The molecule has 0 aliphatic heterocycles. The van der Waals surface area contributed by atoms with Crippen LogP contribution in [0.1, 0.15) is 69.9 Å². The standard InChI is InChI=1S/C25H26O4.C21H22O4.C3H3ClO/c1-3-5-6-7-18-8-10-19(11-9-18)23-16-20-12-13-22(17-24(20)29-25(23)27)28-15-14-21(26)4-2;1-2-3-4-5-15-6-8-16(9-7-15)19-12-17-10-11-18(24-14-22)13-20(17)25-21(19)23;1-2-3(4)5/h4,8-13,16-17H,2-3,5-7,14-15H2,1H3;6-13,22H,2-5,14H2,1H3;2H,1H2. The average molecular weight is 819 g/mol. The highest BCUT2D eigenvalue weighted by Gasteiger charge is 2.11. The van der Waals surface area contributed by atoms with Gasteiger partial charge >= 0.3 is 11.3 Å². The number of halogens is 1. The van der Waals surface area contributed by atoms with E-state index in [2.05, 4.69) is 51.3 Å². The van der Waals surface area contributed by atoms with Crippen molar-refractivity contribution in [2.24, 2.45) is 0 Å². The van der Waals surface area contributed by atoms with Crippen LogP contribution < -0.4 is 20.7 Å². The lowest BCUT2D eigenvalue weighted by Gasteiger charge is -2.07. The molecule has 1 N–H and O–H groups in total. The number of carbonyl (C=O) groups excluding carboxylic acids is 2. The number of aliphatic hydroxyl groups excluding tert-OH is 1. The first-order chi connectivity index (χ1) is 28.6. The fourth-order valence-electron chi connectivity index (χ4n) is 6.07. The minimum absolute atomic E-state index is 0.0710. The highest BCUT2D eigenvalue weighted by Crippen LogP contribution is 2.27. The van der Waals surface area contributed by atoms with Gasteiger partial charge in [0.2, 0.25) is 5.24 Å². The van der Waals surface area contributed by atoms with Crippen molar-refractivity contribution in [3.8, 4) is 33.8 Å². The average Bonchev–Trinajstić information content (AvgIpc) is 3.24. The molecule has 2 heterocycles. The highest BCUT2D eigenvalue weighted by molar-refractivity contribution is 6.66. The Hall–Kier alpha value is -6.03. The van der Waals surface area contributed by atoms with E-state index in [4.69, 9.17) is 35.0 Å². The van der Waals surface area contributed by atoms with Gasteiger partial charge in [-0.2, -0.15) is 0 Å². The maximum atomic E-state index is 12.5. The maximum Gasteiger partial charge on any atom is 0.344 e. The van der Waals surface area contributed by atoms with Gasteiger partial charge in [0.05, 0.1) is 17.7 Å². The summed E-state index contributed by atoms with van der Waals surface area (Å²) in [6, 6.07) is 30.4. The quantitative estimate of drug-likeness (QED) is 0.0296. The van der Waals surface area contributed by atoms with E-state index < -0.39 is 12.0 Å². The number of hydrogen-bond donors (Lipinski definition) is 1. The zero-order valence-corrected chi connectivity index (χ0v) is 34.4. The number of benzene rings is 4. The smallest absolute Gasteiger partial charge is 0.344 e. The Balaban J connectivity index is 0.000000236. The molecule has 0 unspecified atom stereocenters. The van der Waals surface area contributed by atoms with Gasteiger partial charge in [-0.1, -0.05) is 101 Å². The Morgan fingerprint density at radius 1 is 0.644 bits per heavy atom. The second-order valence-electron chi connectivity index (χ2n) is 13.7. The van der Waals surface area contributed by atoms with Crippen LogP contribution in [-0.2, 0) is 22.4 Å². The number of ketones is 1. The number of ether oxygens (including phenoxy) is 2. The van der Waals surface area contributed by atoms with Crippen molar-refractivity contribution in [1.29, 1.82) is 0 Å². The molecule has 0 spiro atoms. The summed E-state index contributed by atoms with van der Waals surface area (Å²) in [6.07, 6.45) is 12.0. The van der Waals surface area contributed by atoms with E-state index in [0.29, 0.717) is 33.8 Å². The van der Waals surface area contributed by atoms with Crippen molar-refractivity contribution in [2.45, 2.75) is 71.6 Å². The minimum Gasteiger partial charge on any atom is -0.493 e. The number of fused-ring (bicyclic) bond motifs is 2. The zero-order chi connectivity index (χ0) is 42.6. The Kier molecular flexibility index (Phi) is 18.6. The minimum atomic E-state index is -0.509. The fraction of sp³-hybridized carbons (Fsp3) is 0.265. The van der Waals surface area contributed by atoms with E-state index in [9.17, 15) is 19.2 Å². The van der Waals surface area contributed by atoms with Crippen LogP contribution in [0.2, 0.25) is 0 Å². The molecule has 308 valence electrons. The first-order valence-corrected chi connectivity index (χ1v) is 20.1. The van der Waals surface area contributed by atoms with E-state index in [1.807, 2.05) is 48.5 Å². The van der Waals surface area contributed by atoms with Crippen LogP contribution in [0, 0.1) is 0 Å². The Morgan fingerprint density at radius 2 is 1.08 bits per heavy atom. The molecular weight excluding hydrogens is 768 g/mol. The van der Waals surface area contributed by atoms with Crippen molar-refractivity contribution in [3.05, 3.63) is 154 Å². The lowest BCUT2D eigenvalue weighted by atomic mass is 10.0. The summed E-state index contributed by atoms with van der Waals surface area (Å²) in [5.41, 5.74) is 5.50. The van der Waals surface area contributed by atoms with Gasteiger partial charge in [-0.15, -0.1) is 0 Å². The molecule has 0 saturated heterocycles. The van der Waals surface area contributed by atoms with Crippen LogP contribution in [-0.4, -0.2) is 29.5 Å². The van der Waals surface area contributed by atoms with Crippen LogP contribution in [0.25, 0.3) is 44.2 Å². The number of rotatable bonds is 18. The summed E-state index contributed by atoms with van der Waals surface area (Å²) >= 11 is 4.71. The van der Waals surface area contributed by atoms with Crippen molar-refractivity contribution < 1.29 is 33.0 Å². The van der Waals surface area contributed by atoms with Crippen molar-refractivity contribution in [1.82, 2.24) is 0 Å². The van der Waals surface area contributed by atoms with E-state index in [1.54, 1.807) is 24.3 Å². The fourth-order valence-corrected chi connectivity index (χ4v) is 6.07. The van der Waals surface area contributed by atoms with Gasteiger partial charge in [0, 0.05) is 29.3 Å². The van der Waals surface area contributed by atoms with Gasteiger partial charge in [0.25, 0.3) is 0 Å². The number of aryl methyl sites for hydroxylation is 2. The molecule has 0 fully saturated rings.